The van der Waals surface area contributed by atoms with E-state index < -0.39 is 5.82 Å². The number of aryl methyl sites for hydroxylation is 1. The van der Waals surface area contributed by atoms with E-state index in [1.54, 1.807) is 17.9 Å². The highest BCUT2D eigenvalue weighted by atomic mass is 35.5. The van der Waals surface area contributed by atoms with Crippen molar-refractivity contribution in [2.24, 2.45) is 0 Å². The third kappa shape index (κ3) is 3.44. The fourth-order valence-corrected chi connectivity index (χ4v) is 3.95. The molecule has 29 heavy (non-hydrogen) atoms. The van der Waals surface area contributed by atoms with E-state index in [-0.39, 0.29) is 39.7 Å². The minimum Gasteiger partial charge on any atom is -0.360 e. The summed E-state index contributed by atoms with van der Waals surface area (Å²) < 4.78 is 25.3. The number of carbonyl (C=O) groups excluding carboxylic acids is 1. The first-order valence-corrected chi connectivity index (χ1v) is 9.94. The van der Waals surface area contributed by atoms with Crippen LogP contribution < -0.4 is 0 Å². The number of hydrogen-bond acceptors (Lipinski definition) is 5. The summed E-state index contributed by atoms with van der Waals surface area (Å²) in [6.07, 6.45) is 1.59. The second kappa shape index (κ2) is 7.63. The minimum atomic E-state index is -0.561. The van der Waals surface area contributed by atoms with E-state index >= 15 is 0 Å². The zero-order valence-corrected chi connectivity index (χ0v) is 17.2. The maximum atomic E-state index is 14.5. The van der Waals surface area contributed by atoms with Crippen molar-refractivity contribution in [2.75, 3.05) is 6.54 Å². The quantitative estimate of drug-likeness (QED) is 0.558. The molecule has 0 N–H and O–H groups in total. The fraction of sp³-hybridized carbons (Fsp3) is 0.381. The van der Waals surface area contributed by atoms with Gasteiger partial charge in [0.2, 0.25) is 0 Å². The Morgan fingerprint density at radius 2 is 2.10 bits per heavy atom. The van der Waals surface area contributed by atoms with Crippen LogP contribution in [0.2, 0.25) is 5.02 Å². The van der Waals surface area contributed by atoms with Crippen molar-refractivity contribution < 1.29 is 18.2 Å². The second-order valence-corrected chi connectivity index (χ2v) is 7.93. The van der Waals surface area contributed by atoms with Gasteiger partial charge in [0, 0.05) is 12.6 Å². The average molecular weight is 418 g/mol. The van der Waals surface area contributed by atoms with Gasteiger partial charge in [-0.25, -0.2) is 4.39 Å². The largest absolute Gasteiger partial charge is 0.360 e. The van der Waals surface area contributed by atoms with Crippen molar-refractivity contribution in [3.63, 3.8) is 0 Å². The van der Waals surface area contributed by atoms with Crippen molar-refractivity contribution in [1.82, 2.24) is 15.2 Å². The molecule has 1 saturated heterocycles. The summed E-state index contributed by atoms with van der Waals surface area (Å²) in [6, 6.07) is 6.00. The summed E-state index contributed by atoms with van der Waals surface area (Å²) in [5, 5.41) is 8.22. The first-order chi connectivity index (χ1) is 13.9. The van der Waals surface area contributed by atoms with E-state index in [9.17, 15) is 9.18 Å². The van der Waals surface area contributed by atoms with Crippen molar-refractivity contribution in [1.29, 1.82) is 0 Å². The van der Waals surface area contributed by atoms with Gasteiger partial charge < -0.3 is 13.9 Å². The molecule has 1 aromatic carbocycles. The molecule has 0 radical (unpaired) electrons. The predicted octanol–water partition coefficient (Wildman–Crippen LogP) is 5.53. The van der Waals surface area contributed by atoms with Crippen LogP contribution in [-0.2, 0) is 0 Å². The molecule has 0 aliphatic carbocycles. The van der Waals surface area contributed by atoms with Gasteiger partial charge >= 0.3 is 0 Å². The maximum absolute atomic E-state index is 14.5. The van der Waals surface area contributed by atoms with Gasteiger partial charge in [0.1, 0.15) is 22.8 Å². The number of halogens is 2. The molecule has 3 heterocycles. The van der Waals surface area contributed by atoms with Gasteiger partial charge in [-0.1, -0.05) is 41.8 Å². The molecule has 3 aromatic rings. The number of carbonyl (C=O) groups is 1. The molecular formula is C21H21ClFN3O3. The molecule has 0 spiro atoms. The van der Waals surface area contributed by atoms with E-state index in [1.165, 1.54) is 12.1 Å². The van der Waals surface area contributed by atoms with Gasteiger partial charge in [-0.3, -0.25) is 4.79 Å². The Balaban J connectivity index is 1.72. The molecule has 8 heteroatoms. The summed E-state index contributed by atoms with van der Waals surface area (Å²) in [4.78, 5) is 15.2. The third-order valence-corrected chi connectivity index (χ3v) is 5.57. The van der Waals surface area contributed by atoms with Crippen LogP contribution in [0.1, 0.15) is 66.2 Å². The van der Waals surface area contributed by atoms with Crippen molar-refractivity contribution in [2.45, 2.75) is 45.6 Å². The van der Waals surface area contributed by atoms with Crippen LogP contribution in [-0.4, -0.2) is 27.7 Å². The molecule has 1 unspecified atom stereocenters. The molecular weight excluding hydrogens is 397 g/mol. The summed E-state index contributed by atoms with van der Waals surface area (Å²) in [5.74, 6) is 0.348. The Labute approximate surface area is 172 Å². The first kappa shape index (κ1) is 19.6. The molecule has 6 nitrogen and oxygen atoms in total. The number of likely N-dealkylation sites (tertiary alicyclic amines) is 1. The van der Waals surface area contributed by atoms with Crippen LogP contribution in [0.15, 0.2) is 33.3 Å². The Hall–Kier alpha value is -2.67. The Kier molecular flexibility index (Phi) is 5.17. The van der Waals surface area contributed by atoms with Crippen LogP contribution in [0.25, 0.3) is 11.3 Å². The monoisotopic (exact) mass is 417 g/mol. The lowest BCUT2D eigenvalue weighted by Gasteiger charge is -2.22. The first-order valence-electron chi connectivity index (χ1n) is 9.56. The van der Waals surface area contributed by atoms with E-state index in [0.717, 1.165) is 18.5 Å². The molecule has 1 aliphatic rings. The van der Waals surface area contributed by atoms with Crippen molar-refractivity contribution in [3.8, 4) is 11.3 Å². The van der Waals surface area contributed by atoms with Crippen molar-refractivity contribution >= 4 is 17.5 Å². The topological polar surface area (TPSA) is 72.4 Å². The average Bonchev–Trinajstić information content (AvgIpc) is 3.40. The van der Waals surface area contributed by atoms with Gasteiger partial charge in [-0.15, -0.1) is 0 Å². The van der Waals surface area contributed by atoms with Crippen molar-refractivity contribution in [3.05, 3.63) is 57.9 Å². The third-order valence-electron chi connectivity index (χ3n) is 5.26. The van der Waals surface area contributed by atoms with Crippen LogP contribution in [0.5, 0.6) is 0 Å². The molecule has 1 aliphatic heterocycles. The SMILES string of the molecule is Cc1onc(-c2c(F)cccc2Cl)c1C(=O)N1CCCC1c1cc(C(C)C)no1. The lowest BCUT2D eigenvalue weighted by molar-refractivity contribution is 0.0713. The van der Waals surface area contributed by atoms with E-state index in [0.29, 0.717) is 18.1 Å². The van der Waals surface area contributed by atoms with Gasteiger partial charge in [0.15, 0.2) is 5.76 Å². The zero-order valence-electron chi connectivity index (χ0n) is 16.4. The minimum absolute atomic E-state index is 0.0619. The van der Waals surface area contributed by atoms with E-state index in [2.05, 4.69) is 10.3 Å². The molecule has 2 aromatic heterocycles. The van der Waals surface area contributed by atoms with Gasteiger partial charge in [-0.2, -0.15) is 0 Å². The van der Waals surface area contributed by atoms with Crippen LogP contribution in [0.4, 0.5) is 4.39 Å². The number of rotatable bonds is 4. The highest BCUT2D eigenvalue weighted by molar-refractivity contribution is 6.33. The molecule has 1 fully saturated rings. The maximum Gasteiger partial charge on any atom is 0.260 e. The Morgan fingerprint density at radius 1 is 1.31 bits per heavy atom. The summed E-state index contributed by atoms with van der Waals surface area (Å²) in [7, 11) is 0. The lowest BCUT2D eigenvalue weighted by Crippen LogP contribution is -2.31. The molecule has 0 bridgehead atoms. The highest BCUT2D eigenvalue weighted by Gasteiger charge is 2.37. The van der Waals surface area contributed by atoms with Gasteiger partial charge in [0.05, 0.1) is 22.3 Å². The number of aromatic nitrogens is 2. The summed E-state index contributed by atoms with van der Waals surface area (Å²) in [6.45, 7) is 6.25. The van der Waals surface area contributed by atoms with Crippen LogP contribution in [0, 0.1) is 12.7 Å². The molecule has 4 rings (SSSR count). The predicted molar refractivity (Wildman–Crippen MR) is 105 cm³/mol. The Morgan fingerprint density at radius 3 is 2.79 bits per heavy atom. The molecule has 1 amide bonds. The molecule has 152 valence electrons. The van der Waals surface area contributed by atoms with Crippen LogP contribution in [0.3, 0.4) is 0 Å². The molecule has 1 atom stereocenters. The van der Waals surface area contributed by atoms with Gasteiger partial charge in [0.25, 0.3) is 5.91 Å². The number of benzene rings is 1. The Bertz CT molecular complexity index is 1040. The zero-order chi connectivity index (χ0) is 20.7. The molecule has 0 saturated carbocycles. The smallest absolute Gasteiger partial charge is 0.260 e. The standard InChI is InChI=1S/C21H21ClFN3O3/c1-11(2)15-10-17(29-24-15)16-8-5-9-26(16)21(27)18-12(3)28-25-20(18)19-13(22)6-4-7-14(19)23/h4,6-7,10-11,16H,5,8-9H2,1-3H3. The number of amides is 1. The van der Waals surface area contributed by atoms with Gasteiger partial charge in [-0.05, 0) is 37.8 Å². The lowest BCUT2D eigenvalue weighted by atomic mass is 10.0. The summed E-state index contributed by atoms with van der Waals surface area (Å²) in [5.41, 5.74) is 1.24. The normalized spacial score (nSPS) is 16.8. The van der Waals surface area contributed by atoms with Crippen LogP contribution >= 0.6 is 11.6 Å². The summed E-state index contributed by atoms with van der Waals surface area (Å²) >= 11 is 6.20. The highest BCUT2D eigenvalue weighted by Crippen LogP contribution is 2.38. The second-order valence-electron chi connectivity index (χ2n) is 7.52. The number of nitrogens with zero attached hydrogens (tertiary/aromatic N) is 3. The van der Waals surface area contributed by atoms with E-state index in [4.69, 9.17) is 20.6 Å². The number of hydrogen-bond donors (Lipinski definition) is 0. The fourth-order valence-electron chi connectivity index (χ4n) is 3.70. The van der Waals surface area contributed by atoms with E-state index in [1.807, 2.05) is 19.9 Å².